The van der Waals surface area contributed by atoms with Crippen molar-refractivity contribution in [2.24, 2.45) is 0 Å². The maximum atomic E-state index is 16.8. The van der Waals surface area contributed by atoms with Crippen LogP contribution >= 0.6 is 15.2 Å². The zero-order chi connectivity index (χ0) is 63.5. The molecule has 0 aliphatic carbocycles. The van der Waals surface area contributed by atoms with Crippen LogP contribution in [0.15, 0.2) is 97.1 Å². The Morgan fingerprint density at radius 2 is 0.405 bits per heavy atom. The molecule has 8 heteroatoms. The topological polar surface area (TPSA) is 71.1 Å². The monoisotopic (exact) mass is 1180 g/mol. The first-order valence-electron chi connectivity index (χ1n) is 31.1. The molecular formula is C76H108O6P2. The van der Waals surface area contributed by atoms with E-state index in [0.717, 1.165) is 77.9 Å². The van der Waals surface area contributed by atoms with Crippen molar-refractivity contribution in [2.75, 3.05) is 0 Å². The van der Waals surface area contributed by atoms with E-state index in [1.54, 1.807) is 0 Å². The molecule has 6 aromatic carbocycles. The average Bonchev–Trinajstić information content (AvgIpc) is 1.66. The van der Waals surface area contributed by atoms with Crippen LogP contribution in [0.4, 0.5) is 0 Å². The van der Waals surface area contributed by atoms with Gasteiger partial charge in [0, 0.05) is 22.3 Å². The van der Waals surface area contributed by atoms with Crippen LogP contribution < -0.4 is 28.7 Å². The van der Waals surface area contributed by atoms with Crippen molar-refractivity contribution in [2.45, 2.75) is 263 Å². The predicted octanol–water partition coefficient (Wildman–Crippen LogP) is 21.9. The Kier molecular flexibility index (Phi) is 19.4. The Morgan fingerprint density at radius 1 is 0.250 bits per heavy atom. The Bertz CT molecular complexity index is 3020. The average molecular weight is 1180 g/mol. The van der Waals surface area contributed by atoms with Gasteiger partial charge in [0.1, 0.15) is 23.0 Å². The van der Waals surface area contributed by atoms with Crippen molar-refractivity contribution in [1.82, 2.24) is 0 Å². The molecule has 0 aliphatic rings. The standard InChI is InChI=1S/C76H108O6P2/c1-29-53-57(69(5,6)7)41-45-61(73(17,18)19)65(53)79-83(77,80-66-54(30-2)58(70(8,9)10)42-46-62(66)74(20,21)22)51-37-33-49(34-38-51)50-35-39-52(40-36-50)84(78,81-67-55(31-3)59(71(11,12)13)43-47-63(67)75(23,24)25)82-68-56(32-4)60(72(14,15)16)44-48-64(68)76(26,27)28/h33-48H,29-32H2,1-28H3. The minimum absolute atomic E-state index is 0.208. The van der Waals surface area contributed by atoms with E-state index in [1.807, 2.05) is 48.5 Å². The molecule has 6 rings (SSSR count). The van der Waals surface area contributed by atoms with Gasteiger partial charge in [-0.2, -0.15) is 0 Å². The van der Waals surface area contributed by atoms with Crippen molar-refractivity contribution in [3.05, 3.63) is 164 Å². The van der Waals surface area contributed by atoms with Gasteiger partial charge in [0.15, 0.2) is 0 Å². The highest BCUT2D eigenvalue weighted by Gasteiger charge is 2.42. The maximum absolute atomic E-state index is 16.8. The molecule has 0 saturated heterocycles. The summed E-state index contributed by atoms with van der Waals surface area (Å²) in [5.41, 5.74) is 12.1. The summed E-state index contributed by atoms with van der Waals surface area (Å²) in [6, 6.07) is 33.1. The zero-order valence-electron chi connectivity index (χ0n) is 57.4. The highest BCUT2D eigenvalue weighted by atomic mass is 31.2. The first-order valence-corrected chi connectivity index (χ1v) is 34.2. The molecule has 0 radical (unpaired) electrons. The van der Waals surface area contributed by atoms with E-state index >= 15 is 9.13 Å². The lowest BCUT2D eigenvalue weighted by molar-refractivity contribution is 0.380. The van der Waals surface area contributed by atoms with Gasteiger partial charge in [0.25, 0.3) is 0 Å². The fourth-order valence-electron chi connectivity index (χ4n) is 11.9. The molecule has 0 spiro atoms. The Morgan fingerprint density at radius 3 is 0.548 bits per heavy atom. The van der Waals surface area contributed by atoms with Gasteiger partial charge in [-0.25, -0.2) is 9.13 Å². The molecule has 0 N–H and O–H groups in total. The highest BCUT2D eigenvalue weighted by molar-refractivity contribution is 7.63. The van der Waals surface area contributed by atoms with E-state index in [-0.39, 0.29) is 43.3 Å². The second-order valence-electron chi connectivity index (χ2n) is 31.7. The Labute approximate surface area is 511 Å². The summed E-state index contributed by atoms with van der Waals surface area (Å²) in [7, 11) is -8.57. The van der Waals surface area contributed by atoms with E-state index in [0.29, 0.717) is 59.3 Å². The summed E-state index contributed by atoms with van der Waals surface area (Å²) >= 11 is 0. The van der Waals surface area contributed by atoms with E-state index < -0.39 is 15.2 Å². The first-order chi connectivity index (χ1) is 38.3. The fourth-order valence-corrected chi connectivity index (χ4v) is 15.2. The normalized spacial score (nSPS) is 13.5. The SMILES string of the molecule is CCc1c(C(C)(C)C)ccc(C(C)(C)C)c1OP(=O)(Oc1c(C(C)(C)C)ccc(C(C)(C)C)c1CC)c1ccc(-c2ccc(P(=O)(Oc3c(C(C)(C)C)ccc(C(C)(C)C)c3CC)Oc3c(C(C)(C)C)ccc(C(C)(C)C)c3CC)cc2)cc1. The molecule has 0 aromatic heterocycles. The number of hydrogen-bond acceptors (Lipinski definition) is 6. The third-order valence-electron chi connectivity index (χ3n) is 16.5. The molecule has 0 atom stereocenters. The van der Waals surface area contributed by atoms with E-state index in [1.165, 1.54) is 0 Å². The van der Waals surface area contributed by atoms with Crippen molar-refractivity contribution < 1.29 is 27.2 Å². The molecule has 0 bridgehead atoms. The lowest BCUT2D eigenvalue weighted by atomic mass is 9.78. The fraction of sp³-hybridized carbons (Fsp3) is 0.526. The molecule has 0 aliphatic heterocycles. The van der Waals surface area contributed by atoms with E-state index in [9.17, 15) is 0 Å². The van der Waals surface area contributed by atoms with Crippen LogP contribution in [0.2, 0.25) is 0 Å². The molecule has 6 nitrogen and oxygen atoms in total. The van der Waals surface area contributed by atoms with Gasteiger partial charge in [-0.1, -0.05) is 267 Å². The predicted molar refractivity (Wildman–Crippen MR) is 362 cm³/mol. The van der Waals surface area contributed by atoms with Gasteiger partial charge in [0.05, 0.1) is 10.6 Å². The minimum atomic E-state index is -4.29. The molecule has 0 heterocycles. The van der Waals surface area contributed by atoms with Gasteiger partial charge in [-0.15, -0.1) is 0 Å². The van der Waals surface area contributed by atoms with Gasteiger partial charge in [0.2, 0.25) is 0 Å². The zero-order valence-corrected chi connectivity index (χ0v) is 59.2. The summed E-state index contributed by atoms with van der Waals surface area (Å²) in [6.45, 7) is 61.4. The number of rotatable bonds is 15. The van der Waals surface area contributed by atoms with Crippen molar-refractivity contribution in [3.63, 3.8) is 0 Å². The third kappa shape index (κ3) is 14.5. The van der Waals surface area contributed by atoms with Gasteiger partial charge >= 0.3 is 15.2 Å². The second-order valence-corrected chi connectivity index (χ2v) is 35.5. The molecule has 0 unspecified atom stereocenters. The quantitative estimate of drug-likeness (QED) is 0.0954. The molecule has 0 saturated carbocycles. The second kappa shape index (κ2) is 23.9. The first kappa shape index (κ1) is 68.1. The summed E-state index contributed by atoms with van der Waals surface area (Å²) in [6.07, 6.45) is 2.72. The van der Waals surface area contributed by atoms with Crippen LogP contribution in [0.25, 0.3) is 11.1 Å². The van der Waals surface area contributed by atoms with Crippen LogP contribution in [0.3, 0.4) is 0 Å². The largest absolute Gasteiger partial charge is 0.462 e. The Hall–Kier alpha value is -5.02. The van der Waals surface area contributed by atoms with Gasteiger partial charge < -0.3 is 18.1 Å². The van der Waals surface area contributed by atoms with Crippen LogP contribution in [-0.2, 0) is 78.1 Å². The summed E-state index contributed by atoms with van der Waals surface area (Å²) < 4.78 is 62.8. The highest BCUT2D eigenvalue weighted by Crippen LogP contribution is 2.58. The molecule has 84 heavy (non-hydrogen) atoms. The summed E-state index contributed by atoms with van der Waals surface area (Å²) in [5, 5.41) is 0.885. The summed E-state index contributed by atoms with van der Waals surface area (Å²) in [5.74, 6) is 2.47. The van der Waals surface area contributed by atoms with Crippen LogP contribution in [0, 0.1) is 0 Å². The summed E-state index contributed by atoms with van der Waals surface area (Å²) in [4.78, 5) is 0. The molecule has 0 fully saturated rings. The van der Waals surface area contributed by atoms with E-state index in [4.69, 9.17) is 18.1 Å². The van der Waals surface area contributed by atoms with E-state index in [2.05, 4.69) is 242 Å². The van der Waals surface area contributed by atoms with Crippen LogP contribution in [0.1, 0.15) is 261 Å². The molecular weight excluding hydrogens is 1070 g/mol. The number of hydrogen-bond donors (Lipinski definition) is 0. The van der Waals surface area contributed by atoms with Crippen LogP contribution in [0.5, 0.6) is 23.0 Å². The lowest BCUT2D eigenvalue weighted by Crippen LogP contribution is -2.24. The molecule has 458 valence electrons. The smallest absolute Gasteiger partial charge is 0.412 e. The third-order valence-corrected chi connectivity index (χ3v) is 20.0. The Balaban J connectivity index is 1.61. The number of benzene rings is 6. The van der Waals surface area contributed by atoms with Gasteiger partial charge in [-0.3, -0.25) is 0 Å². The van der Waals surface area contributed by atoms with Gasteiger partial charge in [-0.05, 0) is 149 Å². The molecule has 6 aromatic rings. The molecule has 0 amide bonds. The maximum Gasteiger partial charge on any atom is 0.462 e. The van der Waals surface area contributed by atoms with Crippen molar-refractivity contribution in [3.8, 4) is 34.1 Å². The minimum Gasteiger partial charge on any atom is -0.412 e. The lowest BCUT2D eigenvalue weighted by Gasteiger charge is -2.34. The van der Waals surface area contributed by atoms with Crippen molar-refractivity contribution in [1.29, 1.82) is 0 Å². The van der Waals surface area contributed by atoms with Crippen molar-refractivity contribution >= 4 is 25.8 Å². The van der Waals surface area contributed by atoms with Crippen LogP contribution in [-0.4, -0.2) is 0 Å².